The fourth-order valence-electron chi connectivity index (χ4n) is 3.10. The molecule has 2 heterocycles. The molecule has 0 amide bonds. The predicted octanol–water partition coefficient (Wildman–Crippen LogP) is 5.20. The highest BCUT2D eigenvalue weighted by Crippen LogP contribution is 2.33. The zero-order valence-corrected chi connectivity index (χ0v) is 17.5. The van der Waals surface area contributed by atoms with E-state index in [4.69, 9.17) is 9.72 Å². The molecule has 4 nitrogen and oxygen atoms in total. The molecule has 2 aromatic carbocycles. The highest BCUT2D eigenvalue weighted by Gasteiger charge is 2.30. The van der Waals surface area contributed by atoms with Gasteiger partial charge in [0.15, 0.2) is 5.16 Å². The van der Waals surface area contributed by atoms with Gasteiger partial charge in [-0.05, 0) is 29.8 Å². The number of rotatable bonds is 5. The highest BCUT2D eigenvalue weighted by molar-refractivity contribution is 7.99. The Morgan fingerprint density at radius 1 is 1.20 bits per heavy atom. The number of ether oxygens (including phenoxy) is 1. The molecule has 9 heteroatoms. The number of hydrogen-bond acceptors (Lipinski definition) is 5. The normalized spacial score (nSPS) is 13.3. The first-order chi connectivity index (χ1) is 14.4. The van der Waals surface area contributed by atoms with E-state index in [0.29, 0.717) is 32.8 Å². The second-order valence-corrected chi connectivity index (χ2v) is 8.64. The molecule has 0 aliphatic carbocycles. The summed E-state index contributed by atoms with van der Waals surface area (Å²) in [5, 5.41) is 0.509. The van der Waals surface area contributed by atoms with Crippen molar-refractivity contribution < 1.29 is 17.9 Å². The zero-order chi connectivity index (χ0) is 21.3. The Kier molecular flexibility index (Phi) is 5.84. The molecule has 30 heavy (non-hydrogen) atoms. The number of alkyl halides is 3. The van der Waals surface area contributed by atoms with E-state index in [1.165, 1.54) is 35.7 Å². The summed E-state index contributed by atoms with van der Waals surface area (Å²) in [7, 11) is 1.55. The van der Waals surface area contributed by atoms with Crippen molar-refractivity contribution in [2.45, 2.75) is 28.4 Å². The van der Waals surface area contributed by atoms with Crippen molar-refractivity contribution in [3.05, 3.63) is 75.7 Å². The average Bonchev–Trinajstić information content (AvgIpc) is 3.21. The molecule has 0 atom stereocenters. The average molecular weight is 451 g/mol. The molecular weight excluding hydrogens is 433 g/mol. The number of aromatic nitrogens is 2. The molecule has 1 aliphatic heterocycles. The summed E-state index contributed by atoms with van der Waals surface area (Å²) >= 11 is 2.82. The summed E-state index contributed by atoms with van der Waals surface area (Å²) in [6.07, 6.45) is -3.64. The topological polar surface area (TPSA) is 44.1 Å². The lowest BCUT2D eigenvalue weighted by molar-refractivity contribution is -0.137. The fourth-order valence-corrected chi connectivity index (χ4v) is 5.11. The van der Waals surface area contributed by atoms with Crippen LogP contribution < -0.4 is 10.3 Å². The van der Waals surface area contributed by atoms with E-state index in [0.717, 1.165) is 30.0 Å². The zero-order valence-electron chi connectivity index (χ0n) is 15.9. The van der Waals surface area contributed by atoms with Gasteiger partial charge in [0, 0.05) is 24.0 Å². The van der Waals surface area contributed by atoms with Crippen molar-refractivity contribution in [3.8, 4) is 11.4 Å². The first-order valence-corrected chi connectivity index (χ1v) is 11.1. The molecule has 156 valence electrons. The Morgan fingerprint density at radius 2 is 1.97 bits per heavy atom. The van der Waals surface area contributed by atoms with Crippen LogP contribution >= 0.6 is 23.5 Å². The molecule has 0 spiro atoms. The first kappa shape index (κ1) is 20.9. The Morgan fingerprint density at radius 3 is 2.67 bits per heavy atom. The van der Waals surface area contributed by atoms with Crippen LogP contribution in [0.3, 0.4) is 0 Å². The number of thioether (sulfide) groups is 2. The van der Waals surface area contributed by atoms with Gasteiger partial charge in [-0.15, -0.1) is 11.8 Å². The number of methoxy groups -OCH3 is 1. The highest BCUT2D eigenvalue weighted by atomic mass is 32.2. The van der Waals surface area contributed by atoms with Gasteiger partial charge in [-0.1, -0.05) is 30.0 Å². The van der Waals surface area contributed by atoms with Crippen molar-refractivity contribution in [3.63, 3.8) is 0 Å². The van der Waals surface area contributed by atoms with Crippen molar-refractivity contribution in [2.24, 2.45) is 0 Å². The summed E-state index contributed by atoms with van der Waals surface area (Å²) in [5.41, 5.74) is 1.31. The van der Waals surface area contributed by atoms with Crippen LogP contribution in [0.5, 0.6) is 5.75 Å². The van der Waals surface area contributed by atoms with Gasteiger partial charge in [-0.2, -0.15) is 13.2 Å². The smallest absolute Gasteiger partial charge is 0.416 e. The molecule has 0 saturated carbocycles. The van der Waals surface area contributed by atoms with Gasteiger partial charge in [0.05, 0.1) is 29.0 Å². The molecular formula is C21H17F3N2O2S2. The minimum atomic E-state index is -4.36. The maximum absolute atomic E-state index is 13.2. The number of aryl methyl sites for hydroxylation is 1. The Labute approximate surface area is 179 Å². The number of hydrogen-bond donors (Lipinski definition) is 0. The number of nitrogens with zero attached hydrogens (tertiary/aromatic N) is 2. The molecule has 0 fully saturated rings. The maximum atomic E-state index is 13.2. The lowest BCUT2D eigenvalue weighted by atomic mass is 10.1. The molecule has 4 rings (SSSR count). The predicted molar refractivity (Wildman–Crippen MR) is 112 cm³/mol. The number of halogens is 3. The van der Waals surface area contributed by atoms with Gasteiger partial charge in [0.1, 0.15) is 5.75 Å². The summed E-state index contributed by atoms with van der Waals surface area (Å²) in [6, 6.07) is 12.2. The van der Waals surface area contributed by atoms with Gasteiger partial charge in [0.25, 0.3) is 5.56 Å². The van der Waals surface area contributed by atoms with E-state index in [1.807, 2.05) is 0 Å². The van der Waals surface area contributed by atoms with Crippen LogP contribution in [0.15, 0.2) is 63.4 Å². The third-order valence-corrected chi connectivity index (χ3v) is 6.74. The molecule has 1 aromatic heterocycles. The van der Waals surface area contributed by atoms with Crippen LogP contribution in [0.4, 0.5) is 13.2 Å². The summed E-state index contributed by atoms with van der Waals surface area (Å²) in [5.74, 6) is 1.81. The lowest BCUT2D eigenvalue weighted by Gasteiger charge is -2.14. The molecule has 0 saturated heterocycles. The van der Waals surface area contributed by atoms with E-state index >= 15 is 0 Å². The molecule has 1 aliphatic rings. The van der Waals surface area contributed by atoms with Gasteiger partial charge in [0.2, 0.25) is 0 Å². The molecule has 0 bridgehead atoms. The minimum absolute atomic E-state index is 0.134. The van der Waals surface area contributed by atoms with Gasteiger partial charge < -0.3 is 4.74 Å². The van der Waals surface area contributed by atoms with E-state index in [1.54, 1.807) is 35.9 Å². The number of fused-ring (bicyclic) bond motifs is 1. The quantitative estimate of drug-likeness (QED) is 0.395. The molecule has 3 aromatic rings. The third-order valence-electron chi connectivity index (χ3n) is 4.63. The van der Waals surface area contributed by atoms with Crippen molar-refractivity contribution in [2.75, 3.05) is 12.9 Å². The van der Waals surface area contributed by atoms with Crippen LogP contribution in [0, 0.1) is 0 Å². The standard InChI is InChI=1S/C21H17F3N2O2S2/c1-28-16-4-2-3-15(11-16)26-19(27)18-17(9-10-29-18)25-20(26)30-12-13-5-7-14(8-6-13)21(22,23)24/h2-8,11H,9-10,12H2,1H3. The Bertz CT molecular complexity index is 1130. The summed E-state index contributed by atoms with van der Waals surface area (Å²) in [6.45, 7) is 0. The minimum Gasteiger partial charge on any atom is -0.497 e. The number of benzene rings is 2. The van der Waals surface area contributed by atoms with Crippen molar-refractivity contribution >= 4 is 23.5 Å². The maximum Gasteiger partial charge on any atom is 0.416 e. The monoisotopic (exact) mass is 450 g/mol. The van der Waals surface area contributed by atoms with E-state index in [2.05, 4.69) is 0 Å². The van der Waals surface area contributed by atoms with E-state index in [-0.39, 0.29) is 5.56 Å². The third kappa shape index (κ3) is 4.22. The lowest BCUT2D eigenvalue weighted by Crippen LogP contribution is -2.23. The van der Waals surface area contributed by atoms with Gasteiger partial charge in [-0.3, -0.25) is 9.36 Å². The van der Waals surface area contributed by atoms with Crippen LogP contribution in [-0.4, -0.2) is 22.4 Å². The molecule has 0 radical (unpaired) electrons. The second kappa shape index (κ2) is 8.39. The summed E-state index contributed by atoms with van der Waals surface area (Å²) < 4.78 is 45.2. The van der Waals surface area contributed by atoms with Crippen LogP contribution in [0.25, 0.3) is 5.69 Å². The van der Waals surface area contributed by atoms with E-state index < -0.39 is 11.7 Å². The van der Waals surface area contributed by atoms with Crippen LogP contribution in [-0.2, 0) is 18.3 Å². The van der Waals surface area contributed by atoms with E-state index in [9.17, 15) is 18.0 Å². The first-order valence-electron chi connectivity index (χ1n) is 9.09. The van der Waals surface area contributed by atoms with Crippen LogP contribution in [0.1, 0.15) is 16.8 Å². The van der Waals surface area contributed by atoms with Crippen molar-refractivity contribution in [1.82, 2.24) is 9.55 Å². The fraction of sp³-hybridized carbons (Fsp3) is 0.238. The Balaban J connectivity index is 1.69. The SMILES string of the molecule is COc1cccc(-n2c(SCc3ccc(C(F)(F)F)cc3)nc3c(c2=O)SCC3)c1. The van der Waals surface area contributed by atoms with Crippen LogP contribution in [0.2, 0.25) is 0 Å². The van der Waals surface area contributed by atoms with Crippen molar-refractivity contribution in [1.29, 1.82) is 0 Å². The largest absolute Gasteiger partial charge is 0.497 e. The molecule has 0 N–H and O–H groups in total. The second-order valence-electron chi connectivity index (χ2n) is 6.59. The van der Waals surface area contributed by atoms with Gasteiger partial charge in [-0.25, -0.2) is 4.98 Å². The Hall–Kier alpha value is -2.39. The van der Waals surface area contributed by atoms with Gasteiger partial charge >= 0.3 is 6.18 Å². The summed E-state index contributed by atoms with van der Waals surface area (Å²) in [4.78, 5) is 18.5. The molecule has 0 unspecified atom stereocenters.